The highest BCUT2D eigenvalue weighted by molar-refractivity contribution is 7.26. The molecule has 0 amide bonds. The minimum atomic E-state index is 0.0672. The number of hydrogen-bond donors (Lipinski definition) is 1. The number of thiophene rings is 2. The number of aryl methyl sites for hydroxylation is 2. The van der Waals surface area contributed by atoms with Crippen LogP contribution < -0.4 is 21.1 Å². The Morgan fingerprint density at radius 3 is 1.44 bits per heavy atom. The third-order valence-corrected chi connectivity index (χ3v) is 23.5. The molecule has 0 spiro atoms. The second-order valence-electron chi connectivity index (χ2n) is 30.4. The maximum atomic E-state index is 4.21. The molecule has 77 heavy (non-hydrogen) atoms. The number of anilines is 5. The van der Waals surface area contributed by atoms with E-state index in [1.807, 2.05) is 22.7 Å². The molecule has 397 valence electrons. The van der Waals surface area contributed by atoms with Gasteiger partial charge in [0, 0.05) is 47.5 Å². The Morgan fingerprint density at radius 2 is 0.883 bits per heavy atom. The molecule has 2 aromatic heterocycles. The summed E-state index contributed by atoms with van der Waals surface area (Å²) >= 11 is 4.02. The van der Waals surface area contributed by atoms with Gasteiger partial charge in [0.05, 0.1) is 10.7 Å². The summed E-state index contributed by atoms with van der Waals surface area (Å²) in [7, 11) is 2.63. The van der Waals surface area contributed by atoms with Crippen LogP contribution in [0.25, 0.3) is 41.4 Å². The second-order valence-corrected chi connectivity index (χ2v) is 32.5. The summed E-state index contributed by atoms with van der Waals surface area (Å²) in [5.74, 6) is 0. The van der Waals surface area contributed by atoms with E-state index >= 15 is 0 Å². The van der Waals surface area contributed by atoms with Gasteiger partial charge in [-0.15, -0.1) is 22.7 Å². The minimum absolute atomic E-state index is 0.0672. The molecule has 0 unspecified atom stereocenters. The normalized spacial score (nSPS) is 21.4. The van der Waals surface area contributed by atoms with E-state index in [9.17, 15) is 0 Å². The lowest BCUT2D eigenvalue weighted by molar-refractivity contribution is 0.332. The summed E-state index contributed by atoms with van der Waals surface area (Å²) in [5, 5.41) is 9.69. The van der Waals surface area contributed by atoms with Crippen molar-refractivity contribution < 1.29 is 0 Å². The van der Waals surface area contributed by atoms with Gasteiger partial charge in [-0.25, -0.2) is 0 Å². The Labute approximate surface area is 471 Å². The van der Waals surface area contributed by atoms with Gasteiger partial charge in [0.1, 0.15) is 0 Å². The summed E-state index contributed by atoms with van der Waals surface area (Å²) in [6.45, 7) is 44.3. The van der Waals surface area contributed by atoms with E-state index in [-0.39, 0.29) is 43.3 Å². The first-order chi connectivity index (χ1) is 35.9. The van der Waals surface area contributed by atoms with Crippen LogP contribution in [0.15, 0.2) is 78.9 Å². The Balaban J connectivity index is 1.11. The lowest BCUT2D eigenvalue weighted by atomic mass is 9.57. The molecule has 1 aliphatic heterocycles. The molecule has 3 heterocycles. The van der Waals surface area contributed by atoms with E-state index in [1.54, 1.807) is 0 Å². The zero-order valence-corrected chi connectivity index (χ0v) is 51.6. The van der Waals surface area contributed by atoms with E-state index in [0.717, 1.165) is 0 Å². The summed E-state index contributed by atoms with van der Waals surface area (Å²) < 4.78 is 4.15. The van der Waals surface area contributed by atoms with Crippen molar-refractivity contribution >= 4 is 98.9 Å². The number of rotatable bonds is 4. The number of nitrogens with zero attached hydrogens (tertiary/aromatic N) is 1. The summed E-state index contributed by atoms with van der Waals surface area (Å²) in [5.41, 5.74) is 25.8. The van der Waals surface area contributed by atoms with Gasteiger partial charge < -0.3 is 10.2 Å². The molecule has 0 bridgehead atoms. The molecule has 4 aliphatic carbocycles. The monoisotopic (exact) mass is 1050 g/mol. The van der Waals surface area contributed by atoms with Gasteiger partial charge in [0.2, 0.25) is 0 Å². The van der Waals surface area contributed by atoms with Crippen LogP contribution in [0.4, 0.5) is 27.8 Å². The highest BCUT2D eigenvalue weighted by Gasteiger charge is 2.43. The molecule has 8 aromatic rings. The molecule has 1 N–H and O–H groups in total. The summed E-state index contributed by atoms with van der Waals surface area (Å²) in [6.07, 6.45) is 9.58. The zero-order chi connectivity index (χ0) is 54.7. The van der Waals surface area contributed by atoms with Crippen molar-refractivity contribution in [2.24, 2.45) is 0 Å². The van der Waals surface area contributed by atoms with Crippen LogP contribution in [0, 0.1) is 13.8 Å². The molecule has 6 aromatic carbocycles. The molecule has 5 heteroatoms. The van der Waals surface area contributed by atoms with Crippen molar-refractivity contribution in [3.8, 4) is 11.1 Å². The quantitative estimate of drug-likeness (QED) is 0.177. The first-order valence-corrected chi connectivity index (χ1v) is 31.0. The van der Waals surface area contributed by atoms with Crippen molar-refractivity contribution in [3.05, 3.63) is 134 Å². The number of benzene rings is 6. The highest BCUT2D eigenvalue weighted by Crippen LogP contribution is 2.56. The average Bonchev–Trinajstić information content (AvgIpc) is 4.02. The third kappa shape index (κ3) is 7.78. The fourth-order valence-corrected chi connectivity index (χ4v) is 17.8. The van der Waals surface area contributed by atoms with Gasteiger partial charge >= 0.3 is 0 Å². The maximum Gasteiger partial charge on any atom is 0.199 e. The summed E-state index contributed by atoms with van der Waals surface area (Å²) in [4.78, 5) is 2.73. The molecule has 5 aliphatic rings. The molecule has 1 radical (unpaired) electrons. The smallest absolute Gasteiger partial charge is 0.199 e. The van der Waals surface area contributed by atoms with Gasteiger partial charge in [-0.3, -0.25) is 0 Å². The van der Waals surface area contributed by atoms with Gasteiger partial charge in [-0.2, -0.15) is 0 Å². The molecule has 0 saturated carbocycles. The third-order valence-electron chi connectivity index (χ3n) is 21.1. The maximum absolute atomic E-state index is 4.21. The molecule has 13 rings (SSSR count). The van der Waals surface area contributed by atoms with Crippen molar-refractivity contribution in [2.75, 3.05) is 10.2 Å². The largest absolute Gasteiger partial charge is 0.355 e. The Hall–Kier alpha value is -4.84. The van der Waals surface area contributed by atoms with Gasteiger partial charge in [-0.05, 0) is 241 Å². The van der Waals surface area contributed by atoms with E-state index in [4.69, 9.17) is 0 Å². The van der Waals surface area contributed by atoms with Crippen LogP contribution in [0.3, 0.4) is 0 Å². The molecular formula is C72H84BN2S2. The SMILES string of the molecule is Cc1cc(-c2c(Nc3ccc4c(c3)C(C)(C)CCC4(C)C)ccc3c2sc2cc4c(cc23)C(C)(C)CCC4(C)C)c2c(c1)N(c1cc3c(cc1C)C(C)(C)CCC3(C)C)c1sc3cc4c(cc3c1[B]2)C(C)(C)CCC4(C)C. The first-order valence-electron chi connectivity index (χ1n) is 29.4. The number of fused-ring (bicyclic) bond motifs is 11. The first kappa shape index (κ1) is 51.6. The Kier molecular flexibility index (Phi) is 11.0. The van der Waals surface area contributed by atoms with E-state index in [2.05, 4.69) is 221 Å². The van der Waals surface area contributed by atoms with Crippen molar-refractivity contribution in [2.45, 2.75) is 219 Å². The van der Waals surface area contributed by atoms with Crippen molar-refractivity contribution in [1.82, 2.24) is 0 Å². The topological polar surface area (TPSA) is 15.3 Å². The fourth-order valence-electron chi connectivity index (χ4n) is 15.3. The molecule has 2 nitrogen and oxygen atoms in total. The van der Waals surface area contributed by atoms with Crippen molar-refractivity contribution in [1.29, 1.82) is 0 Å². The molecule has 0 saturated heterocycles. The van der Waals surface area contributed by atoms with Gasteiger partial charge in [-0.1, -0.05) is 135 Å². The van der Waals surface area contributed by atoms with E-state index in [1.165, 1.54) is 187 Å². The van der Waals surface area contributed by atoms with Crippen LogP contribution >= 0.6 is 22.7 Å². The van der Waals surface area contributed by atoms with Crippen LogP contribution in [-0.4, -0.2) is 7.28 Å². The minimum Gasteiger partial charge on any atom is -0.355 e. The summed E-state index contributed by atoms with van der Waals surface area (Å²) in [6, 6.07) is 32.9. The predicted molar refractivity (Wildman–Crippen MR) is 340 cm³/mol. The molecular weight excluding hydrogens is 968 g/mol. The Bertz CT molecular complexity index is 3860. The van der Waals surface area contributed by atoms with Crippen LogP contribution in [-0.2, 0) is 43.3 Å². The van der Waals surface area contributed by atoms with Crippen molar-refractivity contribution in [3.63, 3.8) is 0 Å². The lowest BCUT2D eigenvalue weighted by Gasteiger charge is -2.43. The fraction of sp³-hybridized carbons (Fsp3) is 0.472. The standard InChI is InChI=1S/C72H84BN2S2/c1-40-31-46(60-55(74-42-19-21-47-49(34-42)67(7,8)24-23-65(47,3)4)22-20-43-44-35-50-53(38-58(44)76-63(43)60)71(15,16)29-26-68(50,9)10)61-57(32-40)75(56-37-52-48(33-41(56)2)66(5,6)25-28-70(52,13)14)64-62(73-61)45-36-51-54(39-59(45)77-64)72(17,18)30-27-69(51,11)12/h19-22,31-39,74H,23-30H2,1-18H3. The van der Waals surface area contributed by atoms with Gasteiger partial charge in [0.25, 0.3) is 0 Å². The molecule has 0 fully saturated rings. The van der Waals surface area contributed by atoms with E-state index in [0.29, 0.717) is 0 Å². The molecule has 0 atom stereocenters. The average molecular weight is 1050 g/mol. The highest BCUT2D eigenvalue weighted by atomic mass is 32.1. The van der Waals surface area contributed by atoms with Gasteiger partial charge in [0.15, 0.2) is 7.28 Å². The lowest BCUT2D eigenvalue weighted by Crippen LogP contribution is -2.41. The van der Waals surface area contributed by atoms with E-state index < -0.39 is 0 Å². The second kappa shape index (κ2) is 16.4. The van der Waals surface area contributed by atoms with Crippen LogP contribution in [0.1, 0.15) is 218 Å². The predicted octanol–water partition coefficient (Wildman–Crippen LogP) is 20.1. The van der Waals surface area contributed by atoms with Crippen LogP contribution in [0.2, 0.25) is 0 Å². The Morgan fingerprint density at radius 1 is 0.416 bits per heavy atom. The van der Waals surface area contributed by atoms with Crippen LogP contribution in [0.5, 0.6) is 0 Å². The number of nitrogens with one attached hydrogen (secondary N) is 1. The number of hydrogen-bond acceptors (Lipinski definition) is 4. The zero-order valence-electron chi connectivity index (χ0n) is 50.0.